The first-order chi connectivity index (χ1) is 8.20. The maximum Gasteiger partial charge on any atom is 0.0733 e. The molecule has 0 aliphatic carbocycles. The van der Waals surface area contributed by atoms with Crippen molar-refractivity contribution < 1.29 is 9.84 Å². The van der Waals surface area contributed by atoms with Crippen molar-refractivity contribution in [1.29, 1.82) is 0 Å². The first kappa shape index (κ1) is 12.9. The number of piperidine rings is 1. The van der Waals surface area contributed by atoms with E-state index in [4.69, 9.17) is 4.74 Å². The van der Waals surface area contributed by atoms with Crippen LogP contribution in [0.4, 0.5) is 0 Å². The van der Waals surface area contributed by atoms with Gasteiger partial charge in [-0.05, 0) is 59.8 Å². The van der Waals surface area contributed by atoms with Gasteiger partial charge in [-0.25, -0.2) is 0 Å². The summed E-state index contributed by atoms with van der Waals surface area (Å²) in [4.78, 5) is 0. The molecule has 3 aliphatic rings. The van der Waals surface area contributed by atoms with Gasteiger partial charge in [0, 0.05) is 18.0 Å². The van der Waals surface area contributed by atoms with Crippen LogP contribution in [0.5, 0.6) is 0 Å². The summed E-state index contributed by atoms with van der Waals surface area (Å²) in [5, 5.41) is 14.8. The average Bonchev–Trinajstić information content (AvgIpc) is 2.63. The largest absolute Gasteiger partial charge is 0.389 e. The van der Waals surface area contributed by atoms with Crippen molar-refractivity contribution in [2.75, 3.05) is 0 Å². The molecule has 3 fully saturated rings. The van der Waals surface area contributed by atoms with E-state index in [1.807, 2.05) is 0 Å². The smallest absolute Gasteiger partial charge is 0.0733 e. The van der Waals surface area contributed by atoms with E-state index in [1.165, 1.54) is 12.8 Å². The number of hydrogen-bond donors (Lipinski definition) is 2. The van der Waals surface area contributed by atoms with Gasteiger partial charge in [0.05, 0.1) is 16.8 Å². The number of nitrogens with one attached hydrogen (secondary N) is 1. The van der Waals surface area contributed by atoms with Crippen molar-refractivity contribution in [3.63, 3.8) is 0 Å². The lowest BCUT2D eigenvalue weighted by atomic mass is 9.69. The highest BCUT2D eigenvalue weighted by Crippen LogP contribution is 2.51. The van der Waals surface area contributed by atoms with Gasteiger partial charge in [-0.1, -0.05) is 0 Å². The van der Waals surface area contributed by atoms with Crippen LogP contribution in [0.25, 0.3) is 0 Å². The molecule has 2 bridgehead atoms. The topological polar surface area (TPSA) is 41.5 Å². The lowest BCUT2D eigenvalue weighted by molar-refractivity contribution is -0.126. The van der Waals surface area contributed by atoms with Gasteiger partial charge in [-0.3, -0.25) is 0 Å². The predicted octanol–water partition coefficient (Wildman–Crippen LogP) is 2.23. The van der Waals surface area contributed by atoms with Crippen LogP contribution in [0.15, 0.2) is 0 Å². The van der Waals surface area contributed by atoms with E-state index in [0.29, 0.717) is 12.1 Å². The van der Waals surface area contributed by atoms with Crippen LogP contribution in [-0.4, -0.2) is 34.0 Å². The van der Waals surface area contributed by atoms with Crippen molar-refractivity contribution in [1.82, 2.24) is 5.32 Å². The molecule has 0 aromatic rings. The fraction of sp³-hybridized carbons (Fsp3) is 1.00. The van der Waals surface area contributed by atoms with Crippen LogP contribution < -0.4 is 5.32 Å². The third-order valence-corrected chi connectivity index (χ3v) is 5.26. The normalized spacial score (nSPS) is 49.5. The minimum Gasteiger partial charge on any atom is -0.389 e. The molecule has 0 radical (unpaired) electrons. The van der Waals surface area contributed by atoms with Crippen molar-refractivity contribution in [3.8, 4) is 0 Å². The van der Waals surface area contributed by atoms with Crippen LogP contribution in [0, 0.1) is 5.92 Å². The van der Waals surface area contributed by atoms with Gasteiger partial charge in [-0.2, -0.15) is 0 Å². The van der Waals surface area contributed by atoms with E-state index in [2.05, 4.69) is 33.0 Å². The van der Waals surface area contributed by atoms with Gasteiger partial charge in [0.25, 0.3) is 0 Å². The lowest BCUT2D eigenvalue weighted by Crippen LogP contribution is -2.56. The van der Waals surface area contributed by atoms with Crippen LogP contribution in [-0.2, 0) is 4.74 Å². The Morgan fingerprint density at radius 2 is 1.56 bits per heavy atom. The quantitative estimate of drug-likeness (QED) is 0.753. The molecule has 0 aromatic carbocycles. The van der Waals surface area contributed by atoms with Crippen LogP contribution >= 0.6 is 0 Å². The highest BCUT2D eigenvalue weighted by Gasteiger charge is 2.57. The van der Waals surface area contributed by atoms with Gasteiger partial charge < -0.3 is 15.2 Å². The zero-order chi connectivity index (χ0) is 13.2. The molecule has 3 unspecified atom stereocenters. The SMILES string of the molecule is CC1(C)CC(C2(O)CC3CCC(C2)N3)C(C)(C)O1. The molecule has 3 heterocycles. The maximum atomic E-state index is 11.2. The third-order valence-electron chi connectivity index (χ3n) is 5.26. The fourth-order valence-corrected chi connectivity index (χ4v) is 4.84. The fourth-order valence-electron chi connectivity index (χ4n) is 4.84. The molecule has 3 atom stereocenters. The second-order valence-corrected chi connectivity index (χ2v) is 7.87. The summed E-state index contributed by atoms with van der Waals surface area (Å²) in [6, 6.07) is 1.04. The Balaban J connectivity index is 1.85. The summed E-state index contributed by atoms with van der Waals surface area (Å²) in [5.74, 6) is 0.255. The van der Waals surface area contributed by atoms with E-state index in [0.717, 1.165) is 19.3 Å². The molecule has 18 heavy (non-hydrogen) atoms. The van der Waals surface area contributed by atoms with Gasteiger partial charge in [0.1, 0.15) is 0 Å². The number of aliphatic hydroxyl groups is 1. The van der Waals surface area contributed by atoms with Crippen LogP contribution in [0.2, 0.25) is 0 Å². The standard InChI is InChI=1S/C15H27NO2/c1-13(2)9-12(14(3,4)18-13)15(17)7-10-5-6-11(8-15)16-10/h10-12,16-17H,5-9H2,1-4H3. The Bertz CT molecular complexity index is 338. The third kappa shape index (κ3) is 2.00. The van der Waals surface area contributed by atoms with E-state index in [9.17, 15) is 5.11 Å². The summed E-state index contributed by atoms with van der Waals surface area (Å²) in [6.45, 7) is 8.59. The Kier molecular flexibility index (Phi) is 2.66. The molecule has 3 nitrogen and oxygen atoms in total. The van der Waals surface area contributed by atoms with Crippen molar-refractivity contribution in [2.45, 2.75) is 88.7 Å². The molecule has 3 rings (SSSR count). The number of ether oxygens (including phenoxy) is 1. The van der Waals surface area contributed by atoms with Crippen molar-refractivity contribution in [3.05, 3.63) is 0 Å². The van der Waals surface area contributed by atoms with E-state index in [-0.39, 0.29) is 17.1 Å². The molecule has 0 aromatic heterocycles. The highest BCUT2D eigenvalue weighted by molar-refractivity contribution is 5.10. The first-order valence-corrected chi connectivity index (χ1v) is 7.39. The highest BCUT2D eigenvalue weighted by atomic mass is 16.5. The molecule has 0 amide bonds. The number of rotatable bonds is 1. The van der Waals surface area contributed by atoms with Gasteiger partial charge in [0.2, 0.25) is 0 Å². The second kappa shape index (κ2) is 3.71. The molecular formula is C15H27NO2. The molecule has 0 spiro atoms. The summed E-state index contributed by atoms with van der Waals surface area (Å²) in [7, 11) is 0. The zero-order valence-electron chi connectivity index (χ0n) is 12.1. The zero-order valence-corrected chi connectivity index (χ0v) is 12.1. The Labute approximate surface area is 110 Å². The molecule has 3 heteroatoms. The van der Waals surface area contributed by atoms with E-state index < -0.39 is 5.60 Å². The van der Waals surface area contributed by atoms with Gasteiger partial charge in [0.15, 0.2) is 0 Å². The van der Waals surface area contributed by atoms with Crippen molar-refractivity contribution >= 4 is 0 Å². The Morgan fingerprint density at radius 3 is 2.00 bits per heavy atom. The summed E-state index contributed by atoms with van der Waals surface area (Å²) >= 11 is 0. The Hall–Kier alpha value is -0.120. The molecule has 3 saturated heterocycles. The molecule has 3 aliphatic heterocycles. The maximum absolute atomic E-state index is 11.2. The second-order valence-electron chi connectivity index (χ2n) is 7.87. The average molecular weight is 253 g/mol. The molecular weight excluding hydrogens is 226 g/mol. The molecule has 0 saturated carbocycles. The summed E-state index contributed by atoms with van der Waals surface area (Å²) < 4.78 is 6.18. The Morgan fingerprint density at radius 1 is 1.00 bits per heavy atom. The van der Waals surface area contributed by atoms with Gasteiger partial charge in [-0.15, -0.1) is 0 Å². The lowest BCUT2D eigenvalue weighted by Gasteiger charge is -2.45. The van der Waals surface area contributed by atoms with E-state index >= 15 is 0 Å². The number of hydrogen-bond acceptors (Lipinski definition) is 3. The van der Waals surface area contributed by atoms with Crippen LogP contribution in [0.1, 0.15) is 59.8 Å². The minimum absolute atomic E-state index is 0.103. The van der Waals surface area contributed by atoms with Gasteiger partial charge >= 0.3 is 0 Å². The summed E-state index contributed by atoms with van der Waals surface area (Å²) in [6.07, 6.45) is 5.22. The van der Waals surface area contributed by atoms with E-state index in [1.54, 1.807) is 0 Å². The monoisotopic (exact) mass is 253 g/mol. The predicted molar refractivity (Wildman–Crippen MR) is 71.5 cm³/mol. The van der Waals surface area contributed by atoms with Crippen LogP contribution in [0.3, 0.4) is 0 Å². The molecule has 104 valence electrons. The first-order valence-electron chi connectivity index (χ1n) is 7.39. The number of fused-ring (bicyclic) bond motifs is 2. The van der Waals surface area contributed by atoms with Crippen molar-refractivity contribution in [2.24, 2.45) is 5.92 Å². The summed E-state index contributed by atoms with van der Waals surface area (Å²) in [5.41, 5.74) is -0.850. The minimum atomic E-state index is -0.533. The molecule has 2 N–H and O–H groups in total.